The van der Waals surface area contributed by atoms with Crippen molar-refractivity contribution in [3.05, 3.63) is 70.8 Å². The van der Waals surface area contributed by atoms with Crippen molar-refractivity contribution in [3.63, 3.8) is 0 Å². The Morgan fingerprint density at radius 2 is 1.82 bits per heavy atom. The second kappa shape index (κ2) is 8.99. The summed E-state index contributed by atoms with van der Waals surface area (Å²) in [6.45, 7) is 1.80. The first-order valence-electron chi connectivity index (χ1n) is 8.99. The van der Waals surface area contributed by atoms with Crippen LogP contribution < -0.4 is 10.1 Å². The minimum atomic E-state index is -0.560. The van der Waals surface area contributed by atoms with Gasteiger partial charge < -0.3 is 14.8 Å². The van der Waals surface area contributed by atoms with Crippen molar-refractivity contribution in [2.45, 2.75) is 13.3 Å². The lowest BCUT2D eigenvalue weighted by molar-refractivity contribution is -0.138. The summed E-state index contributed by atoms with van der Waals surface area (Å²) in [6.07, 6.45) is 2.40. The Kier molecular flexibility index (Phi) is 6.22. The van der Waals surface area contributed by atoms with Crippen LogP contribution in [-0.2, 0) is 20.7 Å². The second-order valence-corrected chi connectivity index (χ2v) is 6.43. The minimum absolute atomic E-state index is 0.0735. The zero-order valence-electron chi connectivity index (χ0n) is 15.6. The standard InChI is InChI=1S/C22H21NO5/c1-15(24)23-11-10-16-6-8-17(9-7-16)20(25)14-28-22(26)19-12-18-4-2-3-5-21(18)27-13-19/h2-9,12H,10-11,13-14H2,1H3,(H,23,24). The first-order chi connectivity index (χ1) is 13.5. The summed E-state index contributed by atoms with van der Waals surface area (Å²) in [5.41, 5.74) is 2.66. The molecule has 1 amide bonds. The van der Waals surface area contributed by atoms with Crippen molar-refractivity contribution in [1.82, 2.24) is 5.32 Å². The monoisotopic (exact) mass is 379 g/mol. The molecule has 0 spiro atoms. The molecule has 0 fully saturated rings. The lowest BCUT2D eigenvalue weighted by Crippen LogP contribution is -2.22. The van der Waals surface area contributed by atoms with Crippen molar-refractivity contribution >= 4 is 23.7 Å². The quantitative estimate of drug-likeness (QED) is 0.591. The van der Waals surface area contributed by atoms with Gasteiger partial charge in [-0.15, -0.1) is 0 Å². The summed E-state index contributed by atoms with van der Waals surface area (Å²) in [5.74, 6) is -0.196. The SMILES string of the molecule is CC(=O)NCCc1ccc(C(=O)COC(=O)C2=Cc3ccccc3OC2)cc1. The van der Waals surface area contributed by atoms with Gasteiger partial charge >= 0.3 is 5.97 Å². The molecule has 0 unspecified atom stereocenters. The number of Topliss-reactive ketones (excluding diaryl/α,β-unsaturated/α-hetero) is 1. The molecule has 0 saturated heterocycles. The Balaban J connectivity index is 1.52. The van der Waals surface area contributed by atoms with E-state index in [9.17, 15) is 14.4 Å². The predicted octanol–water partition coefficient (Wildman–Crippen LogP) is 2.57. The van der Waals surface area contributed by atoms with E-state index in [0.717, 1.165) is 11.1 Å². The van der Waals surface area contributed by atoms with Gasteiger partial charge in [-0.25, -0.2) is 4.79 Å². The number of esters is 1. The summed E-state index contributed by atoms with van der Waals surface area (Å²) in [7, 11) is 0. The lowest BCUT2D eigenvalue weighted by atomic mass is 10.1. The molecule has 0 saturated carbocycles. The number of fused-ring (bicyclic) bond motifs is 1. The summed E-state index contributed by atoms with van der Waals surface area (Å²) in [6, 6.07) is 14.4. The normalized spacial score (nSPS) is 12.2. The Bertz CT molecular complexity index is 915. The number of hydrogen-bond donors (Lipinski definition) is 1. The fraction of sp³-hybridized carbons (Fsp3) is 0.227. The van der Waals surface area contributed by atoms with E-state index in [2.05, 4.69) is 5.32 Å². The van der Waals surface area contributed by atoms with Crippen LogP contribution >= 0.6 is 0 Å². The molecule has 6 nitrogen and oxygen atoms in total. The molecule has 1 aliphatic rings. The van der Waals surface area contributed by atoms with Crippen LogP contribution in [-0.4, -0.2) is 37.4 Å². The van der Waals surface area contributed by atoms with Crippen LogP contribution in [0.5, 0.6) is 5.75 Å². The predicted molar refractivity (Wildman–Crippen MR) is 104 cm³/mol. The van der Waals surface area contributed by atoms with Crippen LogP contribution in [0.15, 0.2) is 54.1 Å². The van der Waals surface area contributed by atoms with Crippen LogP contribution in [0.1, 0.15) is 28.4 Å². The molecule has 144 valence electrons. The van der Waals surface area contributed by atoms with E-state index in [0.29, 0.717) is 29.9 Å². The Labute approximate surface area is 163 Å². The fourth-order valence-electron chi connectivity index (χ4n) is 2.78. The Morgan fingerprint density at radius 3 is 2.57 bits per heavy atom. The number of amides is 1. The van der Waals surface area contributed by atoms with E-state index < -0.39 is 5.97 Å². The number of carbonyl (C=O) groups is 3. The molecule has 2 aromatic carbocycles. The zero-order chi connectivity index (χ0) is 19.9. The van der Waals surface area contributed by atoms with Gasteiger partial charge in [-0.05, 0) is 24.1 Å². The number of ether oxygens (including phenoxy) is 2. The van der Waals surface area contributed by atoms with Crippen LogP contribution in [0.2, 0.25) is 0 Å². The van der Waals surface area contributed by atoms with Gasteiger partial charge in [-0.3, -0.25) is 9.59 Å². The maximum atomic E-state index is 12.3. The van der Waals surface area contributed by atoms with Gasteiger partial charge in [-0.2, -0.15) is 0 Å². The van der Waals surface area contributed by atoms with Crippen molar-refractivity contribution in [2.24, 2.45) is 0 Å². The molecule has 1 heterocycles. The van der Waals surface area contributed by atoms with E-state index in [1.165, 1.54) is 6.92 Å². The van der Waals surface area contributed by atoms with Crippen LogP contribution in [0, 0.1) is 0 Å². The topological polar surface area (TPSA) is 81.7 Å². The van der Waals surface area contributed by atoms with Crippen molar-refractivity contribution < 1.29 is 23.9 Å². The van der Waals surface area contributed by atoms with Crippen molar-refractivity contribution in [3.8, 4) is 5.75 Å². The molecule has 3 rings (SSSR count). The third kappa shape index (κ3) is 5.07. The molecule has 0 atom stereocenters. The van der Waals surface area contributed by atoms with Crippen LogP contribution in [0.3, 0.4) is 0 Å². The average Bonchev–Trinajstić information content (AvgIpc) is 2.71. The van der Waals surface area contributed by atoms with Crippen LogP contribution in [0.25, 0.3) is 6.08 Å². The molecular formula is C22H21NO5. The summed E-state index contributed by atoms with van der Waals surface area (Å²) < 4.78 is 10.7. The molecule has 2 aromatic rings. The largest absolute Gasteiger partial charge is 0.488 e. The minimum Gasteiger partial charge on any atom is -0.488 e. The van der Waals surface area contributed by atoms with Crippen molar-refractivity contribution in [2.75, 3.05) is 19.8 Å². The third-order valence-electron chi connectivity index (χ3n) is 4.29. The maximum absolute atomic E-state index is 12.3. The number of hydrogen-bond acceptors (Lipinski definition) is 5. The summed E-state index contributed by atoms with van der Waals surface area (Å²) >= 11 is 0. The van der Waals surface area contributed by atoms with Gasteiger partial charge in [0.1, 0.15) is 12.4 Å². The first-order valence-corrected chi connectivity index (χ1v) is 8.99. The number of rotatable bonds is 7. The number of ketones is 1. The van der Waals surface area contributed by atoms with Gasteiger partial charge in [0.2, 0.25) is 5.91 Å². The maximum Gasteiger partial charge on any atom is 0.337 e. The van der Waals surface area contributed by atoms with Gasteiger partial charge in [0.05, 0.1) is 5.57 Å². The molecule has 1 N–H and O–H groups in total. The molecule has 0 aliphatic carbocycles. The summed E-state index contributed by atoms with van der Waals surface area (Å²) in [5, 5.41) is 2.72. The third-order valence-corrected chi connectivity index (χ3v) is 4.29. The van der Waals surface area contributed by atoms with E-state index in [1.54, 1.807) is 18.2 Å². The molecule has 0 bridgehead atoms. The number of nitrogens with one attached hydrogen (secondary N) is 1. The molecular weight excluding hydrogens is 358 g/mol. The smallest absolute Gasteiger partial charge is 0.337 e. The van der Waals surface area contributed by atoms with E-state index in [-0.39, 0.29) is 24.9 Å². The number of carbonyl (C=O) groups excluding carboxylic acids is 3. The summed E-state index contributed by atoms with van der Waals surface area (Å²) in [4.78, 5) is 35.3. The lowest BCUT2D eigenvalue weighted by Gasteiger charge is -2.16. The average molecular weight is 379 g/mol. The van der Waals surface area contributed by atoms with E-state index in [4.69, 9.17) is 9.47 Å². The molecule has 0 aromatic heterocycles. The molecule has 28 heavy (non-hydrogen) atoms. The molecule has 6 heteroatoms. The Hall–Kier alpha value is -3.41. The van der Waals surface area contributed by atoms with Gasteiger partial charge in [0, 0.05) is 24.6 Å². The highest BCUT2D eigenvalue weighted by atomic mass is 16.5. The Morgan fingerprint density at radius 1 is 1.07 bits per heavy atom. The molecule has 1 aliphatic heterocycles. The number of para-hydroxylation sites is 1. The van der Waals surface area contributed by atoms with E-state index >= 15 is 0 Å². The number of benzene rings is 2. The highest BCUT2D eigenvalue weighted by Gasteiger charge is 2.19. The fourth-order valence-corrected chi connectivity index (χ4v) is 2.78. The first kappa shape index (κ1) is 19.4. The van der Waals surface area contributed by atoms with Crippen molar-refractivity contribution in [1.29, 1.82) is 0 Å². The van der Waals surface area contributed by atoms with Crippen LogP contribution in [0.4, 0.5) is 0 Å². The molecule has 0 radical (unpaired) electrons. The van der Waals surface area contributed by atoms with Gasteiger partial charge in [0.25, 0.3) is 0 Å². The van der Waals surface area contributed by atoms with Gasteiger partial charge in [0.15, 0.2) is 12.4 Å². The van der Waals surface area contributed by atoms with E-state index in [1.807, 2.05) is 36.4 Å². The highest BCUT2D eigenvalue weighted by molar-refractivity contribution is 6.00. The van der Waals surface area contributed by atoms with Gasteiger partial charge in [-0.1, -0.05) is 42.5 Å². The second-order valence-electron chi connectivity index (χ2n) is 6.43. The highest BCUT2D eigenvalue weighted by Crippen LogP contribution is 2.26. The zero-order valence-corrected chi connectivity index (χ0v) is 15.6.